The molecule has 0 saturated carbocycles. The summed E-state index contributed by atoms with van der Waals surface area (Å²) in [6, 6.07) is 0.510. The Morgan fingerprint density at radius 1 is 1.30 bits per heavy atom. The summed E-state index contributed by atoms with van der Waals surface area (Å²) >= 11 is 0. The highest BCUT2D eigenvalue weighted by atomic mass is 16.5. The van der Waals surface area contributed by atoms with Crippen LogP contribution in [0.15, 0.2) is 0 Å². The van der Waals surface area contributed by atoms with Gasteiger partial charge in [-0.05, 0) is 33.2 Å². The molecule has 0 aromatic rings. The van der Waals surface area contributed by atoms with Crippen LogP contribution in [0.25, 0.3) is 0 Å². The third kappa shape index (κ3) is 3.62. The van der Waals surface area contributed by atoms with Crippen LogP contribution in [0.4, 0.5) is 4.79 Å². The standard InChI is InChI=1S/C14H25N3O3/c1-3-20-13(18)8-15-14(19)17-10-12-6-4-5-7-16(12)9-11(17)2/h11-12H,3-10H2,1-2H3,(H,15,19). The first kappa shape index (κ1) is 15.1. The fourth-order valence-electron chi connectivity index (χ4n) is 3.10. The van der Waals surface area contributed by atoms with Gasteiger partial charge < -0.3 is 15.0 Å². The third-order valence-corrected chi connectivity index (χ3v) is 4.14. The number of ether oxygens (including phenoxy) is 1. The molecule has 0 radical (unpaired) electrons. The van der Waals surface area contributed by atoms with Crippen LogP contribution in [-0.2, 0) is 9.53 Å². The molecule has 2 fully saturated rings. The Kier molecular flexibility index (Phi) is 5.23. The van der Waals surface area contributed by atoms with E-state index in [2.05, 4.69) is 17.1 Å². The monoisotopic (exact) mass is 283 g/mol. The largest absolute Gasteiger partial charge is 0.465 e. The molecule has 2 atom stereocenters. The Balaban J connectivity index is 1.84. The molecule has 2 rings (SSSR count). The molecular formula is C14H25N3O3. The highest BCUT2D eigenvalue weighted by molar-refractivity contribution is 5.81. The van der Waals surface area contributed by atoms with Crippen LogP contribution in [0.2, 0.25) is 0 Å². The number of hydrogen-bond donors (Lipinski definition) is 1. The second-order valence-corrected chi connectivity index (χ2v) is 5.61. The molecule has 2 aliphatic rings. The van der Waals surface area contributed by atoms with Crippen molar-refractivity contribution in [3.63, 3.8) is 0 Å². The SMILES string of the molecule is CCOC(=O)CNC(=O)N1CC2CCCCN2CC1C. The van der Waals surface area contributed by atoms with E-state index < -0.39 is 0 Å². The van der Waals surface area contributed by atoms with E-state index in [0.717, 1.165) is 26.1 Å². The lowest BCUT2D eigenvalue weighted by atomic mass is 9.97. The van der Waals surface area contributed by atoms with Gasteiger partial charge in [0, 0.05) is 25.2 Å². The molecule has 1 N–H and O–H groups in total. The van der Waals surface area contributed by atoms with E-state index in [0.29, 0.717) is 12.6 Å². The Labute approximate surface area is 120 Å². The number of amides is 2. The van der Waals surface area contributed by atoms with Gasteiger partial charge >= 0.3 is 12.0 Å². The normalized spacial score (nSPS) is 26.8. The zero-order chi connectivity index (χ0) is 14.5. The lowest BCUT2D eigenvalue weighted by molar-refractivity contribution is -0.141. The molecule has 2 heterocycles. The number of rotatable bonds is 3. The van der Waals surface area contributed by atoms with Gasteiger partial charge in [-0.25, -0.2) is 4.79 Å². The minimum Gasteiger partial charge on any atom is -0.465 e. The minimum absolute atomic E-state index is 0.0513. The number of urea groups is 1. The number of piperidine rings is 1. The third-order valence-electron chi connectivity index (χ3n) is 4.14. The number of nitrogens with zero attached hydrogens (tertiary/aromatic N) is 2. The Morgan fingerprint density at radius 3 is 2.85 bits per heavy atom. The van der Waals surface area contributed by atoms with Crippen LogP contribution in [0.5, 0.6) is 0 Å². The van der Waals surface area contributed by atoms with Gasteiger partial charge in [-0.2, -0.15) is 0 Å². The van der Waals surface area contributed by atoms with E-state index in [1.807, 2.05) is 4.90 Å². The molecule has 2 unspecified atom stereocenters. The smallest absolute Gasteiger partial charge is 0.325 e. The van der Waals surface area contributed by atoms with Crippen molar-refractivity contribution in [2.45, 2.75) is 45.2 Å². The van der Waals surface area contributed by atoms with Crippen LogP contribution in [0.3, 0.4) is 0 Å². The molecule has 0 bridgehead atoms. The lowest BCUT2D eigenvalue weighted by Gasteiger charge is -2.47. The van der Waals surface area contributed by atoms with Gasteiger partial charge in [0.05, 0.1) is 6.61 Å². The van der Waals surface area contributed by atoms with Crippen LogP contribution in [0, 0.1) is 0 Å². The van der Waals surface area contributed by atoms with Crippen LogP contribution < -0.4 is 5.32 Å². The van der Waals surface area contributed by atoms with Crippen molar-refractivity contribution >= 4 is 12.0 Å². The number of esters is 1. The first-order chi connectivity index (χ1) is 9.61. The average Bonchev–Trinajstić information content (AvgIpc) is 2.44. The van der Waals surface area contributed by atoms with Gasteiger partial charge in [-0.1, -0.05) is 6.42 Å². The van der Waals surface area contributed by atoms with Gasteiger partial charge in [0.15, 0.2) is 0 Å². The van der Waals surface area contributed by atoms with E-state index in [4.69, 9.17) is 4.74 Å². The van der Waals surface area contributed by atoms with Gasteiger partial charge in [0.2, 0.25) is 0 Å². The fraction of sp³-hybridized carbons (Fsp3) is 0.857. The topological polar surface area (TPSA) is 61.9 Å². The Hall–Kier alpha value is -1.30. The molecule has 2 aliphatic heterocycles. The van der Waals surface area contributed by atoms with Crippen LogP contribution in [-0.4, -0.2) is 66.7 Å². The summed E-state index contributed by atoms with van der Waals surface area (Å²) in [6.07, 6.45) is 3.67. The van der Waals surface area contributed by atoms with Gasteiger partial charge in [-0.3, -0.25) is 9.69 Å². The van der Waals surface area contributed by atoms with Crippen molar-refractivity contribution < 1.29 is 14.3 Å². The summed E-state index contributed by atoms with van der Waals surface area (Å²) < 4.78 is 4.81. The van der Waals surface area contributed by atoms with E-state index in [1.165, 1.54) is 12.8 Å². The second kappa shape index (κ2) is 6.92. The van der Waals surface area contributed by atoms with Crippen molar-refractivity contribution in [1.82, 2.24) is 15.1 Å². The number of carbonyl (C=O) groups is 2. The second-order valence-electron chi connectivity index (χ2n) is 5.61. The molecule has 114 valence electrons. The number of carbonyl (C=O) groups excluding carboxylic acids is 2. The first-order valence-electron chi connectivity index (χ1n) is 7.56. The van der Waals surface area contributed by atoms with Crippen LogP contribution in [0.1, 0.15) is 33.1 Å². The maximum Gasteiger partial charge on any atom is 0.325 e. The minimum atomic E-state index is -0.384. The van der Waals surface area contributed by atoms with Crippen molar-refractivity contribution in [3.8, 4) is 0 Å². The predicted molar refractivity (Wildman–Crippen MR) is 75.4 cm³/mol. The molecule has 0 spiro atoms. The fourth-order valence-corrected chi connectivity index (χ4v) is 3.10. The molecule has 0 aromatic heterocycles. The first-order valence-corrected chi connectivity index (χ1v) is 7.56. The lowest BCUT2D eigenvalue weighted by Crippen LogP contribution is -2.61. The summed E-state index contributed by atoms with van der Waals surface area (Å²) in [5.41, 5.74) is 0. The molecule has 6 heteroatoms. The van der Waals surface area contributed by atoms with E-state index in [1.54, 1.807) is 6.92 Å². The molecule has 0 aliphatic carbocycles. The summed E-state index contributed by atoms with van der Waals surface area (Å²) in [6.45, 7) is 6.94. The quantitative estimate of drug-likeness (QED) is 0.779. The van der Waals surface area contributed by atoms with Gasteiger partial charge in [0.1, 0.15) is 6.54 Å². The van der Waals surface area contributed by atoms with Crippen molar-refractivity contribution in [2.24, 2.45) is 0 Å². The molecule has 6 nitrogen and oxygen atoms in total. The number of piperazine rings is 1. The zero-order valence-corrected chi connectivity index (χ0v) is 12.4. The van der Waals surface area contributed by atoms with Crippen LogP contribution >= 0.6 is 0 Å². The molecule has 20 heavy (non-hydrogen) atoms. The molecule has 0 aromatic carbocycles. The Morgan fingerprint density at radius 2 is 2.10 bits per heavy atom. The highest BCUT2D eigenvalue weighted by Crippen LogP contribution is 2.23. The van der Waals surface area contributed by atoms with Crippen molar-refractivity contribution in [1.29, 1.82) is 0 Å². The number of fused-ring (bicyclic) bond motifs is 1. The predicted octanol–water partition coefficient (Wildman–Crippen LogP) is 0.818. The summed E-state index contributed by atoms with van der Waals surface area (Å²) in [5, 5.41) is 2.66. The van der Waals surface area contributed by atoms with E-state index >= 15 is 0 Å². The highest BCUT2D eigenvalue weighted by Gasteiger charge is 2.35. The maximum absolute atomic E-state index is 12.2. The Bertz CT molecular complexity index is 362. The van der Waals surface area contributed by atoms with E-state index in [-0.39, 0.29) is 24.6 Å². The molecular weight excluding hydrogens is 258 g/mol. The summed E-state index contributed by atoms with van der Waals surface area (Å²) in [7, 11) is 0. The number of nitrogens with one attached hydrogen (secondary N) is 1. The number of hydrogen-bond acceptors (Lipinski definition) is 4. The van der Waals surface area contributed by atoms with Gasteiger partial charge in [0.25, 0.3) is 0 Å². The summed E-state index contributed by atoms with van der Waals surface area (Å²) in [5.74, 6) is -0.384. The summed E-state index contributed by atoms with van der Waals surface area (Å²) in [4.78, 5) is 27.8. The van der Waals surface area contributed by atoms with Gasteiger partial charge in [-0.15, -0.1) is 0 Å². The molecule has 2 amide bonds. The molecule has 2 saturated heterocycles. The average molecular weight is 283 g/mol. The zero-order valence-electron chi connectivity index (χ0n) is 12.4. The maximum atomic E-state index is 12.2. The van der Waals surface area contributed by atoms with Crippen molar-refractivity contribution in [2.75, 3.05) is 32.8 Å². The van der Waals surface area contributed by atoms with E-state index in [9.17, 15) is 9.59 Å². The van der Waals surface area contributed by atoms with Crippen molar-refractivity contribution in [3.05, 3.63) is 0 Å².